The number of halogens is 2. The van der Waals surface area contributed by atoms with Crippen molar-refractivity contribution < 1.29 is 4.39 Å². The predicted octanol–water partition coefficient (Wildman–Crippen LogP) is 2.00. The molecule has 0 aliphatic rings. The van der Waals surface area contributed by atoms with Crippen molar-refractivity contribution in [3.63, 3.8) is 0 Å². The summed E-state index contributed by atoms with van der Waals surface area (Å²) in [4.78, 5) is 0. The molecule has 0 radical (unpaired) electrons. The van der Waals surface area contributed by atoms with Gasteiger partial charge >= 0.3 is 0 Å². The van der Waals surface area contributed by atoms with E-state index in [1.54, 1.807) is 19.1 Å². The van der Waals surface area contributed by atoms with Gasteiger partial charge in [0.1, 0.15) is 5.82 Å². The zero-order chi connectivity index (χ0) is 9.14. The van der Waals surface area contributed by atoms with E-state index in [4.69, 9.17) is 17.4 Å². The summed E-state index contributed by atoms with van der Waals surface area (Å²) in [6, 6.07) is 4.60. The lowest BCUT2D eigenvalue weighted by atomic mass is 10.1. The minimum absolute atomic E-state index is 0.120. The second-order valence-electron chi connectivity index (χ2n) is 2.53. The molecule has 3 N–H and O–H groups in total. The van der Waals surface area contributed by atoms with Crippen LogP contribution < -0.4 is 11.3 Å². The van der Waals surface area contributed by atoms with Crippen molar-refractivity contribution >= 4 is 11.6 Å². The van der Waals surface area contributed by atoms with Gasteiger partial charge in [-0.25, -0.2) is 4.39 Å². The first kappa shape index (κ1) is 9.45. The summed E-state index contributed by atoms with van der Waals surface area (Å²) < 4.78 is 13.2. The van der Waals surface area contributed by atoms with Crippen molar-refractivity contribution in [2.24, 2.45) is 5.84 Å². The van der Waals surface area contributed by atoms with Crippen molar-refractivity contribution in [1.82, 2.24) is 5.43 Å². The van der Waals surface area contributed by atoms with E-state index >= 15 is 0 Å². The fourth-order valence-corrected chi connectivity index (χ4v) is 1.13. The van der Waals surface area contributed by atoms with Gasteiger partial charge in [0, 0.05) is 11.6 Å². The lowest BCUT2D eigenvalue weighted by Gasteiger charge is -2.11. The van der Waals surface area contributed by atoms with Gasteiger partial charge in [0.25, 0.3) is 0 Å². The van der Waals surface area contributed by atoms with E-state index in [2.05, 4.69) is 5.43 Å². The molecule has 1 aromatic carbocycles. The molecule has 1 aromatic rings. The first-order valence-corrected chi connectivity index (χ1v) is 3.94. The average molecular weight is 189 g/mol. The van der Waals surface area contributed by atoms with Crippen molar-refractivity contribution in [2.45, 2.75) is 13.0 Å². The Hall–Kier alpha value is -0.640. The van der Waals surface area contributed by atoms with Gasteiger partial charge in [0.05, 0.1) is 5.02 Å². The number of hydrazine groups is 1. The zero-order valence-electron chi connectivity index (χ0n) is 6.64. The van der Waals surface area contributed by atoms with Gasteiger partial charge < -0.3 is 0 Å². The number of rotatable bonds is 2. The lowest BCUT2D eigenvalue weighted by Crippen LogP contribution is -2.26. The van der Waals surface area contributed by atoms with Crippen LogP contribution in [0.15, 0.2) is 18.2 Å². The largest absolute Gasteiger partial charge is 0.271 e. The van der Waals surface area contributed by atoms with E-state index in [1.807, 2.05) is 0 Å². The summed E-state index contributed by atoms with van der Waals surface area (Å²) in [5.74, 6) is 4.75. The van der Waals surface area contributed by atoms with E-state index in [0.29, 0.717) is 5.56 Å². The molecule has 1 rings (SSSR count). The zero-order valence-corrected chi connectivity index (χ0v) is 7.40. The Morgan fingerprint density at radius 2 is 2.25 bits per heavy atom. The fraction of sp³-hybridized carbons (Fsp3) is 0.250. The van der Waals surface area contributed by atoms with Crippen LogP contribution in [-0.4, -0.2) is 0 Å². The molecule has 0 spiro atoms. The van der Waals surface area contributed by atoms with Crippen molar-refractivity contribution in [1.29, 1.82) is 0 Å². The maximum Gasteiger partial charge on any atom is 0.146 e. The third kappa shape index (κ3) is 1.75. The Kier molecular flexibility index (Phi) is 3.03. The van der Waals surface area contributed by atoms with Crippen LogP contribution in [0, 0.1) is 5.82 Å². The van der Waals surface area contributed by atoms with Crippen LogP contribution in [0.5, 0.6) is 0 Å². The van der Waals surface area contributed by atoms with Crippen LogP contribution in [0.25, 0.3) is 0 Å². The van der Waals surface area contributed by atoms with Crippen LogP contribution in [0.2, 0.25) is 5.02 Å². The van der Waals surface area contributed by atoms with Gasteiger partial charge in [-0.15, -0.1) is 0 Å². The first-order valence-electron chi connectivity index (χ1n) is 3.57. The summed E-state index contributed by atoms with van der Waals surface area (Å²) in [6.45, 7) is 1.76. The molecule has 0 bridgehead atoms. The third-order valence-electron chi connectivity index (χ3n) is 1.70. The topological polar surface area (TPSA) is 38.0 Å². The molecule has 0 aromatic heterocycles. The minimum Gasteiger partial charge on any atom is -0.271 e. The number of hydrogen-bond acceptors (Lipinski definition) is 2. The first-order chi connectivity index (χ1) is 5.66. The second kappa shape index (κ2) is 3.85. The number of nitrogens with two attached hydrogens (primary N) is 1. The monoisotopic (exact) mass is 188 g/mol. The molecule has 12 heavy (non-hydrogen) atoms. The van der Waals surface area contributed by atoms with Crippen LogP contribution in [0.4, 0.5) is 4.39 Å². The lowest BCUT2D eigenvalue weighted by molar-refractivity contribution is 0.542. The SMILES string of the molecule is C[C@@H](NN)c1cccc(Cl)c1F. The van der Waals surface area contributed by atoms with E-state index in [9.17, 15) is 4.39 Å². The molecule has 4 heteroatoms. The summed E-state index contributed by atoms with van der Waals surface area (Å²) >= 11 is 5.57. The van der Waals surface area contributed by atoms with E-state index < -0.39 is 5.82 Å². The summed E-state index contributed by atoms with van der Waals surface area (Å²) in [7, 11) is 0. The highest BCUT2D eigenvalue weighted by atomic mass is 35.5. The number of benzene rings is 1. The smallest absolute Gasteiger partial charge is 0.146 e. The molecular formula is C8H10ClFN2. The molecule has 0 saturated heterocycles. The van der Waals surface area contributed by atoms with Crippen molar-refractivity contribution in [2.75, 3.05) is 0 Å². The van der Waals surface area contributed by atoms with Gasteiger partial charge in [-0.1, -0.05) is 23.7 Å². The Labute approximate surface area is 75.5 Å². The van der Waals surface area contributed by atoms with E-state index in [1.165, 1.54) is 6.07 Å². The van der Waals surface area contributed by atoms with E-state index in [-0.39, 0.29) is 11.1 Å². The van der Waals surface area contributed by atoms with Gasteiger partial charge in [0.2, 0.25) is 0 Å². The highest BCUT2D eigenvalue weighted by molar-refractivity contribution is 6.30. The molecule has 66 valence electrons. The predicted molar refractivity (Wildman–Crippen MR) is 47.1 cm³/mol. The Morgan fingerprint density at radius 1 is 1.58 bits per heavy atom. The Balaban J connectivity index is 3.07. The van der Waals surface area contributed by atoms with Crippen molar-refractivity contribution in [3.8, 4) is 0 Å². The Bertz CT molecular complexity index is 278. The number of hydrogen-bond donors (Lipinski definition) is 2. The van der Waals surface area contributed by atoms with Crippen LogP contribution in [-0.2, 0) is 0 Å². The van der Waals surface area contributed by atoms with Gasteiger partial charge in [-0.2, -0.15) is 0 Å². The summed E-state index contributed by atoms with van der Waals surface area (Å²) in [6.07, 6.45) is 0. The third-order valence-corrected chi connectivity index (χ3v) is 1.99. The standard InChI is InChI=1S/C8H10ClFN2/c1-5(12-11)6-3-2-4-7(9)8(6)10/h2-5,12H,11H2,1H3/t5-/m1/s1. The number of nitrogens with one attached hydrogen (secondary N) is 1. The van der Waals surface area contributed by atoms with Crippen LogP contribution >= 0.6 is 11.6 Å². The Morgan fingerprint density at radius 3 is 2.83 bits per heavy atom. The van der Waals surface area contributed by atoms with Gasteiger partial charge in [-0.05, 0) is 13.0 Å². The molecule has 0 unspecified atom stereocenters. The van der Waals surface area contributed by atoms with Gasteiger partial charge in [0.15, 0.2) is 0 Å². The molecule has 1 atom stereocenters. The van der Waals surface area contributed by atoms with Crippen LogP contribution in [0.3, 0.4) is 0 Å². The maximum absolute atomic E-state index is 13.2. The normalized spacial score (nSPS) is 13.0. The summed E-state index contributed by atoms with van der Waals surface area (Å²) in [5.41, 5.74) is 2.93. The van der Waals surface area contributed by atoms with Gasteiger partial charge in [-0.3, -0.25) is 11.3 Å². The molecule has 0 amide bonds. The molecule has 0 heterocycles. The molecule has 0 aliphatic heterocycles. The maximum atomic E-state index is 13.2. The molecule has 0 saturated carbocycles. The quantitative estimate of drug-likeness (QED) is 0.551. The molecule has 0 aliphatic carbocycles. The van der Waals surface area contributed by atoms with Crippen molar-refractivity contribution in [3.05, 3.63) is 34.6 Å². The second-order valence-corrected chi connectivity index (χ2v) is 2.94. The molecule has 2 nitrogen and oxygen atoms in total. The summed E-state index contributed by atoms with van der Waals surface area (Å²) in [5, 5.41) is 0.120. The molecular weight excluding hydrogens is 179 g/mol. The fourth-order valence-electron chi connectivity index (χ4n) is 0.945. The molecule has 0 fully saturated rings. The minimum atomic E-state index is -0.412. The highest BCUT2D eigenvalue weighted by Crippen LogP contribution is 2.22. The average Bonchev–Trinajstić information content (AvgIpc) is 2.08. The highest BCUT2D eigenvalue weighted by Gasteiger charge is 2.10. The van der Waals surface area contributed by atoms with Crippen LogP contribution in [0.1, 0.15) is 18.5 Å². The van der Waals surface area contributed by atoms with E-state index in [0.717, 1.165) is 0 Å².